The van der Waals surface area contributed by atoms with Crippen molar-refractivity contribution in [3.8, 4) is 0 Å². The van der Waals surface area contributed by atoms with Gasteiger partial charge in [0, 0.05) is 13.2 Å². The van der Waals surface area contributed by atoms with E-state index in [0.29, 0.717) is 13.0 Å². The highest BCUT2D eigenvalue weighted by Gasteiger charge is 2.42. The van der Waals surface area contributed by atoms with Gasteiger partial charge in [0.15, 0.2) is 5.84 Å². The lowest BCUT2D eigenvalue weighted by atomic mass is 10.1. The Kier molecular flexibility index (Phi) is 7.69. The van der Waals surface area contributed by atoms with Crippen molar-refractivity contribution in [3.63, 3.8) is 0 Å². The Balaban J connectivity index is 4.00. The van der Waals surface area contributed by atoms with Gasteiger partial charge < -0.3 is 21.4 Å². The molecule has 108 valence electrons. The van der Waals surface area contributed by atoms with Crippen LogP contribution in [-0.2, 0) is 0 Å². The van der Waals surface area contributed by atoms with E-state index in [2.05, 4.69) is 10.5 Å². The summed E-state index contributed by atoms with van der Waals surface area (Å²) in [6.07, 6.45) is -3.16. The third-order valence-electron chi connectivity index (χ3n) is 2.58. The minimum Gasteiger partial charge on any atom is -0.409 e. The fraction of sp³-hybridized carbons (Fsp3) is 0.900. The van der Waals surface area contributed by atoms with Crippen molar-refractivity contribution in [1.29, 1.82) is 0 Å². The molecule has 0 aromatic carbocycles. The second-order valence-electron chi connectivity index (χ2n) is 4.25. The van der Waals surface area contributed by atoms with E-state index >= 15 is 0 Å². The zero-order chi connectivity index (χ0) is 14.2. The smallest absolute Gasteiger partial charge is 0.400 e. The topological polar surface area (TPSA) is 90.9 Å². The van der Waals surface area contributed by atoms with E-state index < -0.39 is 24.5 Å². The van der Waals surface area contributed by atoms with Crippen molar-refractivity contribution in [2.75, 3.05) is 19.7 Å². The molecule has 0 aromatic rings. The molecular formula is C10H20F3N3O2. The van der Waals surface area contributed by atoms with Gasteiger partial charge in [-0.2, -0.15) is 13.2 Å². The van der Waals surface area contributed by atoms with Crippen LogP contribution in [0.1, 0.15) is 19.8 Å². The molecule has 0 rings (SSSR count). The maximum atomic E-state index is 12.5. The number of nitrogens with zero attached hydrogens (tertiary/aromatic N) is 1. The molecule has 5 nitrogen and oxygen atoms in total. The summed E-state index contributed by atoms with van der Waals surface area (Å²) in [5.74, 6) is -2.70. The summed E-state index contributed by atoms with van der Waals surface area (Å²) in [5.41, 5.74) is 4.99. The highest BCUT2D eigenvalue weighted by atomic mass is 19.4. The lowest BCUT2D eigenvalue weighted by Gasteiger charge is -2.19. The van der Waals surface area contributed by atoms with Gasteiger partial charge in [-0.3, -0.25) is 0 Å². The molecule has 0 saturated heterocycles. The normalized spacial score (nSPS) is 16.6. The SMILES string of the molecule is CC(CO)CCCNCC(C(N)=NO)C(F)(F)F. The Morgan fingerprint density at radius 3 is 2.50 bits per heavy atom. The number of alkyl halides is 3. The molecule has 0 heterocycles. The first-order valence-electron chi connectivity index (χ1n) is 5.68. The Bertz CT molecular complexity index is 259. The minimum atomic E-state index is -4.54. The van der Waals surface area contributed by atoms with Gasteiger partial charge in [-0.25, -0.2) is 0 Å². The second kappa shape index (κ2) is 8.15. The van der Waals surface area contributed by atoms with E-state index in [1.165, 1.54) is 0 Å². The number of halogens is 3. The number of amidine groups is 1. The first kappa shape index (κ1) is 17.0. The summed E-state index contributed by atoms with van der Waals surface area (Å²) in [6.45, 7) is 1.88. The number of nitrogens with two attached hydrogens (primary N) is 1. The molecule has 0 aromatic heterocycles. The third-order valence-corrected chi connectivity index (χ3v) is 2.58. The zero-order valence-electron chi connectivity index (χ0n) is 10.2. The van der Waals surface area contributed by atoms with Crippen LogP contribution in [0, 0.1) is 11.8 Å². The predicted molar refractivity (Wildman–Crippen MR) is 61.3 cm³/mol. The summed E-state index contributed by atoms with van der Waals surface area (Å²) in [5, 5.41) is 22.1. The van der Waals surface area contributed by atoms with Crippen molar-refractivity contribution in [1.82, 2.24) is 5.32 Å². The molecule has 0 radical (unpaired) electrons. The molecule has 0 aliphatic carbocycles. The first-order valence-corrected chi connectivity index (χ1v) is 5.68. The van der Waals surface area contributed by atoms with Gasteiger partial charge >= 0.3 is 6.18 Å². The number of rotatable bonds is 8. The highest BCUT2D eigenvalue weighted by Crippen LogP contribution is 2.25. The van der Waals surface area contributed by atoms with E-state index in [-0.39, 0.29) is 12.5 Å². The lowest BCUT2D eigenvalue weighted by Crippen LogP contribution is -2.43. The van der Waals surface area contributed by atoms with E-state index in [0.717, 1.165) is 6.42 Å². The van der Waals surface area contributed by atoms with Crippen molar-refractivity contribution in [2.45, 2.75) is 25.9 Å². The van der Waals surface area contributed by atoms with Gasteiger partial charge in [0.05, 0.1) is 0 Å². The zero-order valence-corrected chi connectivity index (χ0v) is 10.2. The van der Waals surface area contributed by atoms with Crippen LogP contribution >= 0.6 is 0 Å². The number of aliphatic hydroxyl groups excluding tert-OH is 1. The van der Waals surface area contributed by atoms with Crippen LogP contribution in [-0.4, -0.2) is 42.0 Å². The number of aliphatic hydroxyl groups is 1. The average Bonchev–Trinajstić information content (AvgIpc) is 2.30. The van der Waals surface area contributed by atoms with Crippen LogP contribution in [0.5, 0.6) is 0 Å². The van der Waals surface area contributed by atoms with Crippen LogP contribution in [0.2, 0.25) is 0 Å². The fourth-order valence-corrected chi connectivity index (χ4v) is 1.37. The molecule has 0 bridgehead atoms. The molecule has 5 N–H and O–H groups in total. The predicted octanol–water partition coefficient (Wildman–Crippen LogP) is 0.909. The monoisotopic (exact) mass is 271 g/mol. The second-order valence-corrected chi connectivity index (χ2v) is 4.25. The van der Waals surface area contributed by atoms with E-state index in [4.69, 9.17) is 16.0 Å². The molecule has 8 heteroatoms. The van der Waals surface area contributed by atoms with Crippen molar-refractivity contribution in [2.24, 2.45) is 22.7 Å². The van der Waals surface area contributed by atoms with Crippen LogP contribution in [0.4, 0.5) is 13.2 Å². The summed E-state index contributed by atoms with van der Waals surface area (Å²) < 4.78 is 37.5. The van der Waals surface area contributed by atoms with Crippen LogP contribution in [0.15, 0.2) is 5.16 Å². The first-order chi connectivity index (χ1) is 8.32. The van der Waals surface area contributed by atoms with E-state index in [1.807, 2.05) is 6.92 Å². The molecule has 0 fully saturated rings. The van der Waals surface area contributed by atoms with Crippen molar-refractivity contribution < 1.29 is 23.5 Å². The summed E-state index contributed by atoms with van der Waals surface area (Å²) in [7, 11) is 0. The van der Waals surface area contributed by atoms with Gasteiger partial charge in [0.1, 0.15) is 5.92 Å². The van der Waals surface area contributed by atoms with Crippen LogP contribution in [0.3, 0.4) is 0 Å². The highest BCUT2D eigenvalue weighted by molar-refractivity contribution is 5.83. The van der Waals surface area contributed by atoms with Gasteiger partial charge in [0.2, 0.25) is 0 Å². The Morgan fingerprint density at radius 1 is 1.44 bits per heavy atom. The van der Waals surface area contributed by atoms with Crippen molar-refractivity contribution in [3.05, 3.63) is 0 Å². The number of hydrogen-bond acceptors (Lipinski definition) is 4. The van der Waals surface area contributed by atoms with E-state index in [9.17, 15) is 13.2 Å². The largest absolute Gasteiger partial charge is 0.409 e. The van der Waals surface area contributed by atoms with Gasteiger partial charge in [-0.15, -0.1) is 0 Å². The molecule has 0 spiro atoms. The molecule has 0 aliphatic rings. The number of oxime groups is 1. The standard InChI is InChI=1S/C10H20F3N3O2/c1-7(6-17)3-2-4-15-5-8(9(14)16-18)10(11,12)13/h7-8,15,17-18H,2-6H2,1H3,(H2,14,16). The van der Waals surface area contributed by atoms with E-state index in [1.54, 1.807) is 0 Å². The summed E-state index contributed by atoms with van der Waals surface area (Å²) in [6, 6.07) is 0. The average molecular weight is 271 g/mol. The van der Waals surface area contributed by atoms with Gasteiger partial charge in [0.25, 0.3) is 0 Å². The molecule has 0 amide bonds. The quantitative estimate of drug-likeness (QED) is 0.174. The lowest BCUT2D eigenvalue weighted by molar-refractivity contribution is -0.154. The molecule has 0 saturated carbocycles. The number of hydrogen-bond donors (Lipinski definition) is 4. The summed E-state index contributed by atoms with van der Waals surface area (Å²) >= 11 is 0. The molecule has 2 unspecified atom stereocenters. The Labute approximate surface area is 104 Å². The molecule has 18 heavy (non-hydrogen) atoms. The van der Waals surface area contributed by atoms with Gasteiger partial charge in [-0.1, -0.05) is 12.1 Å². The third kappa shape index (κ3) is 6.65. The number of nitrogens with one attached hydrogen (secondary N) is 1. The van der Waals surface area contributed by atoms with Crippen molar-refractivity contribution >= 4 is 5.84 Å². The van der Waals surface area contributed by atoms with Crippen LogP contribution in [0.25, 0.3) is 0 Å². The van der Waals surface area contributed by atoms with Gasteiger partial charge in [-0.05, 0) is 25.3 Å². The molecular weight excluding hydrogens is 251 g/mol. The maximum absolute atomic E-state index is 12.5. The molecule has 2 atom stereocenters. The Morgan fingerprint density at radius 2 is 2.06 bits per heavy atom. The Hall–Kier alpha value is -1.02. The fourth-order valence-electron chi connectivity index (χ4n) is 1.37. The minimum absolute atomic E-state index is 0.0648. The summed E-state index contributed by atoms with van der Waals surface area (Å²) in [4.78, 5) is 0. The van der Waals surface area contributed by atoms with Crippen LogP contribution < -0.4 is 11.1 Å². The maximum Gasteiger partial charge on any atom is 0.400 e. The molecule has 0 aliphatic heterocycles.